The summed E-state index contributed by atoms with van der Waals surface area (Å²) in [7, 11) is 1.10. The highest BCUT2D eigenvalue weighted by atomic mass is 32.2. The Kier molecular flexibility index (Phi) is 6.07. The maximum absolute atomic E-state index is 13.3. The average molecular weight is 460 g/mol. The van der Waals surface area contributed by atoms with E-state index in [4.69, 9.17) is 0 Å². The van der Waals surface area contributed by atoms with Crippen molar-refractivity contribution in [3.05, 3.63) is 30.1 Å². The highest BCUT2D eigenvalue weighted by Gasteiger charge is 2.45. The van der Waals surface area contributed by atoms with Crippen molar-refractivity contribution in [1.82, 2.24) is 24.1 Å². The van der Waals surface area contributed by atoms with Gasteiger partial charge in [-0.1, -0.05) is 12.8 Å². The first-order chi connectivity index (χ1) is 15.4. The standard InChI is InChI=1S/C24H37N5O2S/c1-27(2)17-24(9-3-4-10-24)18-28-15-20(16-28)32(30,31)29-12-7-19(8-13-29)22-14-26-23-21(22)6-5-11-25-23/h5-6,11,14,19-20H,3-4,7-10,12-13,15-18H2,1-2H3,(H,25,26). The van der Waals surface area contributed by atoms with Crippen molar-refractivity contribution in [2.24, 2.45) is 5.41 Å². The number of piperidine rings is 1. The van der Waals surface area contributed by atoms with Gasteiger partial charge in [0.15, 0.2) is 0 Å². The van der Waals surface area contributed by atoms with Crippen LogP contribution in [0.2, 0.25) is 0 Å². The highest BCUT2D eigenvalue weighted by molar-refractivity contribution is 7.89. The first-order valence-electron chi connectivity index (χ1n) is 12.1. The van der Waals surface area contributed by atoms with E-state index in [0.29, 0.717) is 37.5 Å². The van der Waals surface area contributed by atoms with Crippen molar-refractivity contribution in [2.45, 2.75) is 49.7 Å². The van der Waals surface area contributed by atoms with Gasteiger partial charge in [0.2, 0.25) is 10.0 Å². The Morgan fingerprint density at radius 1 is 1.19 bits per heavy atom. The zero-order chi connectivity index (χ0) is 22.3. The first-order valence-corrected chi connectivity index (χ1v) is 13.6. The minimum Gasteiger partial charge on any atom is -0.346 e. The van der Waals surface area contributed by atoms with Gasteiger partial charge in [0.1, 0.15) is 10.9 Å². The van der Waals surface area contributed by atoms with Crippen LogP contribution in [0, 0.1) is 5.41 Å². The number of nitrogens with zero attached hydrogens (tertiary/aromatic N) is 4. The minimum absolute atomic E-state index is 0.228. The zero-order valence-electron chi connectivity index (χ0n) is 19.5. The van der Waals surface area contributed by atoms with Crippen LogP contribution in [0.5, 0.6) is 0 Å². The molecule has 0 atom stereocenters. The van der Waals surface area contributed by atoms with Gasteiger partial charge in [-0.3, -0.25) is 4.90 Å². The van der Waals surface area contributed by atoms with Crippen molar-refractivity contribution in [1.29, 1.82) is 0 Å². The minimum atomic E-state index is -3.21. The van der Waals surface area contributed by atoms with Crippen LogP contribution < -0.4 is 0 Å². The van der Waals surface area contributed by atoms with Crippen molar-refractivity contribution in [2.75, 3.05) is 53.4 Å². The summed E-state index contributed by atoms with van der Waals surface area (Å²) in [5.41, 5.74) is 2.55. The monoisotopic (exact) mass is 459 g/mol. The summed E-state index contributed by atoms with van der Waals surface area (Å²) >= 11 is 0. The van der Waals surface area contributed by atoms with E-state index in [1.807, 2.05) is 6.07 Å². The van der Waals surface area contributed by atoms with Crippen LogP contribution in [0.25, 0.3) is 11.0 Å². The number of hydrogen-bond donors (Lipinski definition) is 1. The Morgan fingerprint density at radius 3 is 2.59 bits per heavy atom. The molecule has 3 aliphatic rings. The maximum Gasteiger partial charge on any atom is 0.219 e. The van der Waals surface area contributed by atoms with Crippen molar-refractivity contribution in [3.8, 4) is 0 Å². The smallest absolute Gasteiger partial charge is 0.219 e. The van der Waals surface area contributed by atoms with E-state index in [0.717, 1.165) is 31.6 Å². The van der Waals surface area contributed by atoms with Gasteiger partial charge in [-0.2, -0.15) is 0 Å². The Balaban J connectivity index is 1.16. The molecule has 7 nitrogen and oxygen atoms in total. The molecule has 3 fully saturated rings. The molecular formula is C24H37N5O2S. The van der Waals surface area contributed by atoms with E-state index in [1.54, 1.807) is 10.5 Å². The number of hydrogen-bond acceptors (Lipinski definition) is 5. The molecule has 4 heterocycles. The van der Waals surface area contributed by atoms with Crippen LogP contribution >= 0.6 is 0 Å². The van der Waals surface area contributed by atoms with Gasteiger partial charge < -0.3 is 9.88 Å². The molecule has 2 aromatic rings. The Morgan fingerprint density at radius 2 is 1.91 bits per heavy atom. The number of nitrogens with one attached hydrogen (secondary N) is 1. The lowest BCUT2D eigenvalue weighted by Gasteiger charge is -2.46. The lowest BCUT2D eigenvalue weighted by atomic mass is 9.84. The molecule has 0 unspecified atom stereocenters. The number of rotatable bonds is 7. The molecule has 1 saturated carbocycles. The van der Waals surface area contributed by atoms with E-state index in [2.05, 4.69) is 46.1 Å². The summed E-state index contributed by atoms with van der Waals surface area (Å²) in [6, 6.07) is 4.07. The van der Waals surface area contributed by atoms with E-state index in [1.165, 1.54) is 36.6 Å². The van der Waals surface area contributed by atoms with E-state index in [9.17, 15) is 8.42 Å². The van der Waals surface area contributed by atoms with Crippen molar-refractivity contribution in [3.63, 3.8) is 0 Å². The summed E-state index contributed by atoms with van der Waals surface area (Å²) < 4.78 is 28.3. The lowest BCUT2D eigenvalue weighted by Crippen LogP contribution is -2.61. The molecule has 0 spiro atoms. The fourth-order valence-electron chi connectivity index (χ4n) is 6.42. The van der Waals surface area contributed by atoms with Crippen LogP contribution in [-0.2, 0) is 10.0 Å². The maximum atomic E-state index is 13.3. The Labute approximate surface area is 192 Å². The van der Waals surface area contributed by atoms with Gasteiger partial charge in [0.25, 0.3) is 0 Å². The summed E-state index contributed by atoms with van der Waals surface area (Å²) in [5.74, 6) is 0.394. The summed E-state index contributed by atoms with van der Waals surface area (Å²) in [6.07, 6.45) is 10.8. The van der Waals surface area contributed by atoms with Gasteiger partial charge in [-0.25, -0.2) is 17.7 Å². The lowest BCUT2D eigenvalue weighted by molar-refractivity contribution is 0.0788. The number of aromatic amines is 1. The third-order valence-corrected chi connectivity index (χ3v) is 10.2. The molecule has 2 aliphatic heterocycles. The molecule has 0 aromatic carbocycles. The molecule has 32 heavy (non-hydrogen) atoms. The molecule has 0 radical (unpaired) electrons. The predicted molar refractivity (Wildman–Crippen MR) is 128 cm³/mol. The fraction of sp³-hybridized carbons (Fsp3) is 0.708. The quantitative estimate of drug-likeness (QED) is 0.689. The van der Waals surface area contributed by atoms with Crippen molar-refractivity contribution < 1.29 is 8.42 Å². The van der Waals surface area contributed by atoms with Gasteiger partial charge in [0, 0.05) is 57.0 Å². The number of fused-ring (bicyclic) bond motifs is 1. The van der Waals surface area contributed by atoms with Crippen molar-refractivity contribution >= 4 is 21.1 Å². The fourth-order valence-corrected chi connectivity index (χ4v) is 8.36. The largest absolute Gasteiger partial charge is 0.346 e. The molecule has 2 saturated heterocycles. The van der Waals surface area contributed by atoms with E-state index >= 15 is 0 Å². The van der Waals surface area contributed by atoms with Gasteiger partial charge in [-0.05, 0) is 68.8 Å². The second kappa shape index (κ2) is 8.70. The predicted octanol–water partition coefficient (Wildman–Crippen LogP) is 2.88. The van der Waals surface area contributed by atoms with E-state index < -0.39 is 10.0 Å². The van der Waals surface area contributed by atoms with Crippen LogP contribution in [0.4, 0.5) is 0 Å². The molecule has 5 rings (SSSR count). The second-order valence-electron chi connectivity index (χ2n) is 10.6. The molecule has 0 bridgehead atoms. The van der Waals surface area contributed by atoms with Crippen LogP contribution in [0.1, 0.15) is 50.0 Å². The summed E-state index contributed by atoms with van der Waals surface area (Å²) in [4.78, 5) is 12.3. The number of pyridine rings is 1. The topological polar surface area (TPSA) is 72.5 Å². The molecule has 0 amide bonds. The number of H-pyrrole nitrogens is 1. The Bertz CT molecular complexity index is 1030. The third kappa shape index (κ3) is 4.22. The van der Waals surface area contributed by atoms with Crippen LogP contribution in [0.15, 0.2) is 24.5 Å². The SMILES string of the molecule is CN(C)CC1(CN2CC(S(=O)(=O)N3CCC(c4c[nH]c5ncccc45)CC3)C2)CCCC1. The molecule has 1 aliphatic carbocycles. The summed E-state index contributed by atoms with van der Waals surface area (Å²) in [6.45, 7) is 4.81. The van der Waals surface area contributed by atoms with Gasteiger partial charge in [0.05, 0.1) is 0 Å². The first kappa shape index (κ1) is 22.3. The number of sulfonamides is 1. The summed E-state index contributed by atoms with van der Waals surface area (Å²) in [5, 5.41) is 0.941. The molecule has 8 heteroatoms. The van der Waals surface area contributed by atoms with Gasteiger partial charge in [-0.15, -0.1) is 0 Å². The molecular weight excluding hydrogens is 422 g/mol. The van der Waals surface area contributed by atoms with Gasteiger partial charge >= 0.3 is 0 Å². The number of aromatic nitrogens is 2. The second-order valence-corrected chi connectivity index (χ2v) is 12.8. The zero-order valence-corrected chi connectivity index (χ0v) is 20.3. The normalized spacial score (nSPS) is 23.8. The van der Waals surface area contributed by atoms with Crippen LogP contribution in [0.3, 0.4) is 0 Å². The Hall–Kier alpha value is -1.48. The third-order valence-electron chi connectivity index (χ3n) is 7.96. The van der Waals surface area contributed by atoms with Crippen LogP contribution in [-0.4, -0.2) is 91.1 Å². The number of likely N-dealkylation sites (tertiary alicyclic amines) is 1. The highest BCUT2D eigenvalue weighted by Crippen LogP contribution is 2.41. The average Bonchev–Trinajstić information content (AvgIpc) is 3.37. The molecule has 2 aromatic heterocycles. The molecule has 176 valence electrons. The van der Waals surface area contributed by atoms with E-state index in [-0.39, 0.29) is 5.25 Å². The molecule has 1 N–H and O–H groups in total.